The number of halogens is 5. The lowest BCUT2D eigenvalue weighted by molar-refractivity contribution is -0.140. The topological polar surface area (TPSA) is 86.8 Å². The largest absolute Gasteiger partial charge is 0.417 e. The monoisotopic (exact) mass is 669 g/mol. The Balaban J connectivity index is 1.77. The molecule has 1 fully saturated rings. The molecule has 1 N–H and O–H groups in total. The van der Waals surface area contributed by atoms with Crippen molar-refractivity contribution in [2.45, 2.75) is 68.7 Å². The van der Waals surface area contributed by atoms with E-state index < -0.39 is 51.0 Å². The molecule has 1 saturated carbocycles. The number of nitrogens with zero attached hydrogens (tertiary/aromatic N) is 2. The zero-order valence-electron chi connectivity index (χ0n) is 23.9. The van der Waals surface area contributed by atoms with E-state index in [0.29, 0.717) is 21.0 Å². The first-order valence-corrected chi connectivity index (χ1v) is 16.3. The van der Waals surface area contributed by atoms with E-state index in [1.165, 1.54) is 29.2 Å². The van der Waals surface area contributed by atoms with Crippen molar-refractivity contribution in [2.24, 2.45) is 0 Å². The molecule has 3 aromatic rings. The number of rotatable bonds is 11. The molecule has 1 aliphatic rings. The van der Waals surface area contributed by atoms with E-state index in [-0.39, 0.29) is 29.8 Å². The molecule has 7 nitrogen and oxygen atoms in total. The van der Waals surface area contributed by atoms with Crippen molar-refractivity contribution in [3.8, 4) is 0 Å². The third-order valence-electron chi connectivity index (χ3n) is 7.51. The van der Waals surface area contributed by atoms with Crippen LogP contribution in [0.1, 0.15) is 50.2 Å². The van der Waals surface area contributed by atoms with Crippen LogP contribution < -0.4 is 9.62 Å². The van der Waals surface area contributed by atoms with Crippen LogP contribution >= 0.6 is 23.2 Å². The molecule has 1 aliphatic carbocycles. The molecular formula is C31H32Cl2F3N3O4S. The van der Waals surface area contributed by atoms with E-state index >= 15 is 0 Å². The third kappa shape index (κ3) is 8.05. The maximum atomic E-state index is 14.1. The minimum atomic E-state index is -4.88. The standard InChI is InChI=1S/C31H32Cl2F3N3O4S/c1-2-28(30(41)37-23-8-6-7-9-23)38(19-21-12-14-22(32)15-13-21)29(40)20-39(44(42,43)25-10-4-3-5-11-25)24-16-17-27(33)26(18-24)31(34,35)36/h3-5,10-18,23,28H,2,6-9,19-20H2,1H3,(H,37,41)/t28-/m1/s1. The molecule has 0 radical (unpaired) electrons. The highest BCUT2D eigenvalue weighted by molar-refractivity contribution is 7.92. The highest BCUT2D eigenvalue weighted by atomic mass is 35.5. The SMILES string of the molecule is CC[C@H](C(=O)NC1CCCC1)N(Cc1ccc(Cl)cc1)C(=O)CN(c1ccc(Cl)c(C(F)(F)F)c1)S(=O)(=O)c1ccccc1. The van der Waals surface area contributed by atoms with Crippen LogP contribution in [0, 0.1) is 0 Å². The predicted octanol–water partition coefficient (Wildman–Crippen LogP) is 7.07. The molecule has 13 heteroatoms. The second-order valence-corrected chi connectivity index (χ2v) is 13.3. The summed E-state index contributed by atoms with van der Waals surface area (Å²) in [4.78, 5) is 28.7. The Kier molecular flexibility index (Phi) is 10.9. The van der Waals surface area contributed by atoms with Gasteiger partial charge in [0.2, 0.25) is 11.8 Å². The minimum Gasteiger partial charge on any atom is -0.352 e. The maximum absolute atomic E-state index is 14.1. The summed E-state index contributed by atoms with van der Waals surface area (Å²) in [5.74, 6) is -1.17. The smallest absolute Gasteiger partial charge is 0.352 e. The van der Waals surface area contributed by atoms with Gasteiger partial charge in [-0.25, -0.2) is 8.42 Å². The average molecular weight is 671 g/mol. The molecule has 3 aromatic carbocycles. The zero-order valence-corrected chi connectivity index (χ0v) is 26.2. The number of anilines is 1. The third-order valence-corrected chi connectivity index (χ3v) is 9.88. The molecule has 0 unspecified atom stereocenters. The summed E-state index contributed by atoms with van der Waals surface area (Å²) < 4.78 is 69.8. The van der Waals surface area contributed by atoms with E-state index in [0.717, 1.165) is 37.8 Å². The summed E-state index contributed by atoms with van der Waals surface area (Å²) in [5, 5.41) is 2.84. The lowest BCUT2D eigenvalue weighted by atomic mass is 10.1. The molecule has 236 valence electrons. The summed E-state index contributed by atoms with van der Waals surface area (Å²) in [6, 6.07) is 15.3. The van der Waals surface area contributed by atoms with Gasteiger partial charge in [-0.05, 0) is 67.3 Å². The van der Waals surface area contributed by atoms with Gasteiger partial charge in [-0.2, -0.15) is 13.2 Å². The van der Waals surface area contributed by atoms with Gasteiger partial charge in [0.1, 0.15) is 12.6 Å². The van der Waals surface area contributed by atoms with Gasteiger partial charge in [0.15, 0.2) is 0 Å². The Morgan fingerprint density at radius 2 is 1.61 bits per heavy atom. The van der Waals surface area contributed by atoms with Crippen molar-refractivity contribution >= 4 is 50.7 Å². The van der Waals surface area contributed by atoms with Crippen LogP contribution in [0.3, 0.4) is 0 Å². The van der Waals surface area contributed by atoms with Crippen molar-refractivity contribution < 1.29 is 31.2 Å². The number of amides is 2. The Labute approximate surface area is 265 Å². The van der Waals surface area contributed by atoms with Gasteiger partial charge in [-0.15, -0.1) is 0 Å². The molecule has 0 saturated heterocycles. The van der Waals surface area contributed by atoms with Crippen LogP contribution in [0.2, 0.25) is 10.0 Å². The van der Waals surface area contributed by atoms with Gasteiger partial charge in [0, 0.05) is 17.6 Å². The van der Waals surface area contributed by atoms with Gasteiger partial charge in [0.05, 0.1) is 21.2 Å². The van der Waals surface area contributed by atoms with Gasteiger partial charge >= 0.3 is 6.18 Å². The summed E-state index contributed by atoms with van der Waals surface area (Å²) in [5.41, 5.74) is -1.04. The molecule has 0 bridgehead atoms. The van der Waals surface area contributed by atoms with Crippen molar-refractivity contribution in [3.05, 3.63) is 94.0 Å². The van der Waals surface area contributed by atoms with Crippen LogP contribution in [-0.2, 0) is 32.3 Å². The average Bonchev–Trinajstić information content (AvgIpc) is 3.50. The molecular weight excluding hydrogens is 638 g/mol. The van der Waals surface area contributed by atoms with E-state index in [2.05, 4.69) is 5.32 Å². The van der Waals surface area contributed by atoms with Crippen molar-refractivity contribution in [2.75, 3.05) is 10.8 Å². The quantitative estimate of drug-likeness (QED) is 0.237. The molecule has 2 amide bonds. The zero-order chi connectivity index (χ0) is 32.1. The van der Waals surface area contributed by atoms with E-state index in [4.69, 9.17) is 23.2 Å². The number of benzene rings is 3. The number of alkyl halides is 3. The first kappa shape index (κ1) is 33.6. The van der Waals surface area contributed by atoms with Crippen LogP contribution in [0.5, 0.6) is 0 Å². The molecule has 1 atom stereocenters. The Morgan fingerprint density at radius 1 is 0.977 bits per heavy atom. The van der Waals surface area contributed by atoms with Crippen LogP contribution in [-0.4, -0.2) is 43.8 Å². The van der Waals surface area contributed by atoms with E-state index in [1.54, 1.807) is 37.3 Å². The van der Waals surface area contributed by atoms with Gasteiger partial charge in [-0.1, -0.05) is 73.3 Å². The van der Waals surface area contributed by atoms with Gasteiger partial charge in [0.25, 0.3) is 10.0 Å². The Hall–Kier alpha value is -3.28. The number of sulfonamides is 1. The van der Waals surface area contributed by atoms with Crippen molar-refractivity contribution in [3.63, 3.8) is 0 Å². The molecule has 0 spiro atoms. The molecule has 0 aliphatic heterocycles. The fourth-order valence-electron chi connectivity index (χ4n) is 5.21. The number of hydrogen-bond donors (Lipinski definition) is 1. The first-order valence-electron chi connectivity index (χ1n) is 14.1. The normalized spacial score (nSPS) is 14.7. The molecule has 4 rings (SSSR count). The van der Waals surface area contributed by atoms with Crippen LogP contribution in [0.15, 0.2) is 77.7 Å². The maximum Gasteiger partial charge on any atom is 0.417 e. The van der Waals surface area contributed by atoms with E-state index in [1.807, 2.05) is 0 Å². The van der Waals surface area contributed by atoms with E-state index in [9.17, 15) is 31.2 Å². The Bertz CT molecular complexity index is 1570. The number of nitrogens with one attached hydrogen (secondary N) is 1. The number of carbonyl (C=O) groups is 2. The minimum absolute atomic E-state index is 0.0335. The lowest BCUT2D eigenvalue weighted by Crippen LogP contribution is -2.53. The lowest BCUT2D eigenvalue weighted by Gasteiger charge is -2.34. The van der Waals surface area contributed by atoms with Crippen LogP contribution in [0.4, 0.5) is 18.9 Å². The highest BCUT2D eigenvalue weighted by Gasteiger charge is 2.37. The summed E-state index contributed by atoms with van der Waals surface area (Å²) >= 11 is 11.9. The molecule has 0 heterocycles. The second kappa shape index (κ2) is 14.2. The highest BCUT2D eigenvalue weighted by Crippen LogP contribution is 2.38. The molecule has 0 aromatic heterocycles. The van der Waals surface area contributed by atoms with Gasteiger partial charge < -0.3 is 10.2 Å². The summed E-state index contributed by atoms with van der Waals surface area (Å²) in [6.07, 6.45) is -1.10. The Morgan fingerprint density at radius 3 is 2.20 bits per heavy atom. The number of hydrogen-bond acceptors (Lipinski definition) is 4. The fourth-order valence-corrected chi connectivity index (χ4v) is 6.99. The molecule has 44 heavy (non-hydrogen) atoms. The van der Waals surface area contributed by atoms with Crippen molar-refractivity contribution in [1.29, 1.82) is 0 Å². The first-order chi connectivity index (χ1) is 20.8. The predicted molar refractivity (Wildman–Crippen MR) is 164 cm³/mol. The fraction of sp³-hybridized carbons (Fsp3) is 0.355. The van der Waals surface area contributed by atoms with Gasteiger partial charge in [-0.3, -0.25) is 13.9 Å². The summed E-state index contributed by atoms with van der Waals surface area (Å²) in [6.45, 7) is 0.783. The van der Waals surface area contributed by atoms with Crippen LogP contribution in [0.25, 0.3) is 0 Å². The summed E-state index contributed by atoms with van der Waals surface area (Å²) in [7, 11) is -4.55. The second-order valence-electron chi connectivity index (χ2n) is 10.5. The number of carbonyl (C=O) groups excluding carboxylic acids is 2. The van der Waals surface area contributed by atoms with Crippen molar-refractivity contribution in [1.82, 2.24) is 10.2 Å².